The van der Waals surface area contributed by atoms with E-state index in [4.69, 9.17) is 4.74 Å². The lowest BCUT2D eigenvalue weighted by Gasteiger charge is -2.36. The van der Waals surface area contributed by atoms with E-state index in [1.807, 2.05) is 0 Å². The molecule has 118 valence electrons. The first kappa shape index (κ1) is 17.5. The molecule has 1 aliphatic heterocycles. The van der Waals surface area contributed by atoms with Gasteiger partial charge in [0.1, 0.15) is 5.60 Å². The molecular weight excluding hydrogens is 250 g/mol. The SMILES string of the molecule is CCCCC(C)CCC(=O)OC(C)(C)C1CCNCC1. The fourth-order valence-corrected chi connectivity index (χ4v) is 3.01. The minimum Gasteiger partial charge on any atom is -0.459 e. The lowest BCUT2D eigenvalue weighted by Crippen LogP contribution is -2.42. The summed E-state index contributed by atoms with van der Waals surface area (Å²) in [5, 5.41) is 3.36. The van der Waals surface area contributed by atoms with Crippen molar-refractivity contribution in [3.05, 3.63) is 0 Å². The number of rotatable bonds is 8. The predicted octanol–water partition coefficient (Wildman–Crippen LogP) is 3.91. The van der Waals surface area contributed by atoms with Gasteiger partial charge in [-0.15, -0.1) is 0 Å². The van der Waals surface area contributed by atoms with Gasteiger partial charge in [0, 0.05) is 12.3 Å². The first-order valence-electron chi connectivity index (χ1n) is 8.38. The highest BCUT2D eigenvalue weighted by molar-refractivity contribution is 5.69. The van der Waals surface area contributed by atoms with Crippen LogP contribution in [0.4, 0.5) is 0 Å². The summed E-state index contributed by atoms with van der Waals surface area (Å²) < 4.78 is 5.77. The van der Waals surface area contributed by atoms with Gasteiger partial charge in [-0.25, -0.2) is 0 Å². The summed E-state index contributed by atoms with van der Waals surface area (Å²) in [6, 6.07) is 0. The van der Waals surface area contributed by atoms with Gasteiger partial charge in [0.2, 0.25) is 0 Å². The molecule has 3 nitrogen and oxygen atoms in total. The highest BCUT2D eigenvalue weighted by Crippen LogP contribution is 2.29. The van der Waals surface area contributed by atoms with Gasteiger partial charge < -0.3 is 10.1 Å². The summed E-state index contributed by atoms with van der Waals surface area (Å²) in [5.41, 5.74) is -0.314. The number of piperidine rings is 1. The van der Waals surface area contributed by atoms with Gasteiger partial charge in [0.15, 0.2) is 0 Å². The second-order valence-corrected chi connectivity index (χ2v) is 6.89. The highest BCUT2D eigenvalue weighted by atomic mass is 16.6. The Morgan fingerprint density at radius 1 is 1.30 bits per heavy atom. The Morgan fingerprint density at radius 2 is 1.95 bits per heavy atom. The highest BCUT2D eigenvalue weighted by Gasteiger charge is 2.33. The Labute approximate surface area is 124 Å². The van der Waals surface area contributed by atoms with E-state index >= 15 is 0 Å². The third kappa shape index (κ3) is 6.25. The monoisotopic (exact) mass is 283 g/mol. The average Bonchev–Trinajstić information content (AvgIpc) is 2.43. The van der Waals surface area contributed by atoms with Crippen molar-refractivity contribution in [1.29, 1.82) is 0 Å². The smallest absolute Gasteiger partial charge is 0.306 e. The quantitative estimate of drug-likeness (QED) is 0.686. The molecule has 1 rings (SSSR count). The Hall–Kier alpha value is -0.570. The first-order chi connectivity index (χ1) is 9.45. The molecule has 1 saturated heterocycles. The lowest BCUT2D eigenvalue weighted by molar-refractivity contribution is -0.163. The number of hydrogen-bond donors (Lipinski definition) is 1. The van der Waals surface area contributed by atoms with Crippen molar-refractivity contribution in [2.75, 3.05) is 13.1 Å². The zero-order valence-corrected chi connectivity index (χ0v) is 13.8. The van der Waals surface area contributed by atoms with E-state index in [1.54, 1.807) is 0 Å². The van der Waals surface area contributed by atoms with Crippen molar-refractivity contribution in [2.45, 2.75) is 78.2 Å². The molecule has 0 aromatic heterocycles. The van der Waals surface area contributed by atoms with Crippen LogP contribution in [-0.4, -0.2) is 24.7 Å². The van der Waals surface area contributed by atoms with Crippen LogP contribution in [0.5, 0.6) is 0 Å². The molecule has 1 heterocycles. The number of nitrogens with one attached hydrogen (secondary N) is 1. The molecule has 0 aliphatic carbocycles. The Kier molecular flexibility index (Phi) is 7.57. The van der Waals surface area contributed by atoms with Crippen molar-refractivity contribution >= 4 is 5.97 Å². The summed E-state index contributed by atoms with van der Waals surface area (Å²) in [4.78, 5) is 12.0. The Balaban J connectivity index is 2.29. The molecule has 0 radical (unpaired) electrons. The van der Waals surface area contributed by atoms with E-state index in [1.165, 1.54) is 19.3 Å². The number of esters is 1. The second-order valence-electron chi connectivity index (χ2n) is 6.89. The number of unbranched alkanes of at least 4 members (excludes halogenated alkanes) is 1. The van der Waals surface area contributed by atoms with Gasteiger partial charge in [-0.1, -0.05) is 33.1 Å². The van der Waals surface area contributed by atoms with Gasteiger partial charge >= 0.3 is 5.97 Å². The van der Waals surface area contributed by atoms with E-state index in [0.717, 1.165) is 32.4 Å². The number of ether oxygens (including phenoxy) is 1. The lowest BCUT2D eigenvalue weighted by atomic mass is 9.83. The summed E-state index contributed by atoms with van der Waals surface area (Å²) in [7, 11) is 0. The molecule has 0 amide bonds. The van der Waals surface area contributed by atoms with Crippen molar-refractivity contribution in [3.63, 3.8) is 0 Å². The molecule has 1 N–H and O–H groups in total. The third-order valence-corrected chi connectivity index (χ3v) is 4.59. The summed E-state index contributed by atoms with van der Waals surface area (Å²) in [6.07, 6.45) is 7.45. The van der Waals surface area contributed by atoms with Crippen LogP contribution in [0, 0.1) is 11.8 Å². The average molecular weight is 283 g/mol. The molecule has 0 aromatic rings. The number of carbonyl (C=O) groups is 1. The minimum atomic E-state index is -0.314. The Morgan fingerprint density at radius 3 is 2.55 bits per heavy atom. The van der Waals surface area contributed by atoms with E-state index in [0.29, 0.717) is 18.3 Å². The molecule has 3 heteroatoms. The standard InChI is InChI=1S/C17H33NO2/c1-5-6-7-14(2)8-9-16(19)20-17(3,4)15-10-12-18-13-11-15/h14-15,18H,5-13H2,1-4H3. The summed E-state index contributed by atoms with van der Waals surface area (Å²) in [6.45, 7) is 10.7. The topological polar surface area (TPSA) is 38.3 Å². The van der Waals surface area contributed by atoms with E-state index in [9.17, 15) is 4.79 Å². The maximum absolute atomic E-state index is 12.0. The molecule has 0 aromatic carbocycles. The summed E-state index contributed by atoms with van der Waals surface area (Å²) in [5.74, 6) is 1.10. The van der Waals surface area contributed by atoms with E-state index in [-0.39, 0.29) is 11.6 Å². The van der Waals surface area contributed by atoms with Crippen LogP contribution in [0.2, 0.25) is 0 Å². The largest absolute Gasteiger partial charge is 0.459 e. The fraction of sp³-hybridized carbons (Fsp3) is 0.941. The van der Waals surface area contributed by atoms with Gasteiger partial charge in [-0.05, 0) is 52.1 Å². The molecular formula is C17H33NO2. The van der Waals surface area contributed by atoms with Crippen molar-refractivity contribution in [3.8, 4) is 0 Å². The van der Waals surface area contributed by atoms with Crippen molar-refractivity contribution < 1.29 is 9.53 Å². The fourth-order valence-electron chi connectivity index (χ4n) is 3.01. The van der Waals surface area contributed by atoms with Crippen LogP contribution in [0.25, 0.3) is 0 Å². The number of hydrogen-bond acceptors (Lipinski definition) is 3. The third-order valence-electron chi connectivity index (χ3n) is 4.59. The summed E-state index contributed by atoms with van der Waals surface area (Å²) >= 11 is 0. The zero-order chi connectivity index (χ0) is 15.0. The predicted molar refractivity (Wildman–Crippen MR) is 83.7 cm³/mol. The molecule has 0 spiro atoms. The van der Waals surface area contributed by atoms with Crippen LogP contribution in [-0.2, 0) is 9.53 Å². The molecule has 0 saturated carbocycles. The first-order valence-corrected chi connectivity index (χ1v) is 8.38. The van der Waals surface area contributed by atoms with Crippen molar-refractivity contribution in [1.82, 2.24) is 5.32 Å². The van der Waals surface area contributed by atoms with Crippen LogP contribution < -0.4 is 5.32 Å². The zero-order valence-electron chi connectivity index (χ0n) is 13.8. The molecule has 1 unspecified atom stereocenters. The van der Waals surface area contributed by atoms with Crippen LogP contribution in [0.3, 0.4) is 0 Å². The van der Waals surface area contributed by atoms with Gasteiger partial charge in [0.25, 0.3) is 0 Å². The van der Waals surface area contributed by atoms with E-state index in [2.05, 4.69) is 33.0 Å². The Bertz CT molecular complexity index is 283. The van der Waals surface area contributed by atoms with Crippen LogP contribution in [0.15, 0.2) is 0 Å². The molecule has 1 fully saturated rings. The molecule has 1 atom stereocenters. The van der Waals surface area contributed by atoms with Crippen LogP contribution >= 0.6 is 0 Å². The molecule has 20 heavy (non-hydrogen) atoms. The second kappa shape index (κ2) is 8.66. The molecule has 0 bridgehead atoms. The minimum absolute atomic E-state index is 0.0168. The maximum Gasteiger partial charge on any atom is 0.306 e. The van der Waals surface area contributed by atoms with Gasteiger partial charge in [-0.2, -0.15) is 0 Å². The normalized spacial score (nSPS) is 18.8. The van der Waals surface area contributed by atoms with Crippen LogP contribution in [0.1, 0.15) is 72.6 Å². The molecule has 1 aliphatic rings. The van der Waals surface area contributed by atoms with Gasteiger partial charge in [0.05, 0.1) is 0 Å². The van der Waals surface area contributed by atoms with E-state index < -0.39 is 0 Å². The maximum atomic E-state index is 12.0. The van der Waals surface area contributed by atoms with Crippen molar-refractivity contribution in [2.24, 2.45) is 11.8 Å². The number of carbonyl (C=O) groups excluding carboxylic acids is 1. The van der Waals surface area contributed by atoms with Gasteiger partial charge in [-0.3, -0.25) is 4.79 Å².